The minimum Gasteiger partial charge on any atom is -0.361 e. The van der Waals surface area contributed by atoms with Gasteiger partial charge in [-0.2, -0.15) is 0 Å². The third-order valence-electron chi connectivity index (χ3n) is 7.78. The Balaban J connectivity index is 1.33. The summed E-state index contributed by atoms with van der Waals surface area (Å²) in [6.45, 7) is 8.17. The number of H-pyrrole nitrogens is 1. The Morgan fingerprint density at radius 1 is 0.968 bits per heavy atom. The number of rotatable bonds is 7. The Labute approximate surface area is 186 Å². The van der Waals surface area contributed by atoms with E-state index in [-0.39, 0.29) is 0 Å². The molecule has 0 bridgehead atoms. The molecule has 0 amide bonds. The fraction of sp³-hybridized carbons (Fsp3) is 0.500. The van der Waals surface area contributed by atoms with Gasteiger partial charge in [0.1, 0.15) is 0 Å². The number of benzene rings is 2. The fourth-order valence-electron chi connectivity index (χ4n) is 5.63. The van der Waals surface area contributed by atoms with Crippen LogP contribution in [-0.2, 0) is 13.0 Å². The van der Waals surface area contributed by atoms with Crippen LogP contribution in [0.25, 0.3) is 10.9 Å². The van der Waals surface area contributed by atoms with Crippen molar-refractivity contribution < 1.29 is 0 Å². The van der Waals surface area contributed by atoms with Gasteiger partial charge in [0.15, 0.2) is 0 Å². The molecule has 3 aromatic rings. The molecule has 2 aliphatic carbocycles. The molecule has 1 aliphatic heterocycles. The molecule has 3 heteroatoms. The smallest absolute Gasteiger partial charge is 0.0487 e. The van der Waals surface area contributed by atoms with Gasteiger partial charge in [0, 0.05) is 55.9 Å². The highest BCUT2D eigenvalue weighted by atomic mass is 15.3. The molecular weight excluding hydrogens is 378 g/mol. The van der Waals surface area contributed by atoms with Crippen molar-refractivity contribution in [3.8, 4) is 0 Å². The van der Waals surface area contributed by atoms with E-state index in [0.29, 0.717) is 6.04 Å². The molecular formula is C28H35N3. The van der Waals surface area contributed by atoms with Crippen LogP contribution in [0.3, 0.4) is 0 Å². The minimum absolute atomic E-state index is 0.484. The van der Waals surface area contributed by atoms with Crippen LogP contribution in [0.1, 0.15) is 54.0 Å². The summed E-state index contributed by atoms with van der Waals surface area (Å²) < 4.78 is 0. The number of hydrogen-bond donors (Lipinski definition) is 1. The van der Waals surface area contributed by atoms with Crippen LogP contribution < -0.4 is 0 Å². The van der Waals surface area contributed by atoms with Crippen LogP contribution in [0.2, 0.25) is 0 Å². The van der Waals surface area contributed by atoms with Gasteiger partial charge < -0.3 is 4.98 Å². The van der Waals surface area contributed by atoms with Crippen LogP contribution in [-0.4, -0.2) is 41.0 Å². The Bertz CT molecular complexity index is 1040. The van der Waals surface area contributed by atoms with Crippen LogP contribution in [0.5, 0.6) is 0 Å². The standard InChI is InChI=1S/C28H35N3/c1-20-15-24(16-21-7-8-21)26(25-11-12-29-28(20)25)18-31-14-13-30(17-22-9-10-22)19-27(31)23-5-3-2-4-6-23/h2-6,11-12,15,21-22,27,29H,7-10,13-14,16-19H2,1H3/t27-/m0/s1. The third-order valence-corrected chi connectivity index (χ3v) is 7.78. The predicted octanol–water partition coefficient (Wildman–Crippen LogP) is 5.70. The highest BCUT2D eigenvalue weighted by molar-refractivity contribution is 5.87. The van der Waals surface area contributed by atoms with Gasteiger partial charge in [-0.3, -0.25) is 9.80 Å². The molecule has 0 unspecified atom stereocenters. The first-order chi connectivity index (χ1) is 15.2. The summed E-state index contributed by atoms with van der Waals surface area (Å²) >= 11 is 0. The molecule has 2 aromatic carbocycles. The SMILES string of the molecule is Cc1cc(CC2CC2)c(CN2CCN(CC3CC3)C[C@H]2c2ccccc2)c2cc[nH]c12. The van der Waals surface area contributed by atoms with Crippen LogP contribution in [0, 0.1) is 18.8 Å². The lowest BCUT2D eigenvalue weighted by atomic mass is 9.94. The maximum Gasteiger partial charge on any atom is 0.0487 e. The summed E-state index contributed by atoms with van der Waals surface area (Å²) in [6, 6.07) is 16.5. The van der Waals surface area contributed by atoms with Gasteiger partial charge in [-0.25, -0.2) is 0 Å². The van der Waals surface area contributed by atoms with Gasteiger partial charge in [0.25, 0.3) is 0 Å². The van der Waals surface area contributed by atoms with E-state index in [9.17, 15) is 0 Å². The molecule has 3 fully saturated rings. The summed E-state index contributed by atoms with van der Waals surface area (Å²) in [5, 5.41) is 1.45. The Hall–Kier alpha value is -2.10. The monoisotopic (exact) mass is 413 g/mol. The molecule has 1 atom stereocenters. The van der Waals surface area contributed by atoms with Crippen molar-refractivity contribution >= 4 is 10.9 Å². The van der Waals surface area contributed by atoms with E-state index in [1.54, 1.807) is 11.1 Å². The average Bonchev–Trinajstić information content (AvgIpc) is 3.72. The first-order valence-electron chi connectivity index (χ1n) is 12.3. The maximum atomic E-state index is 3.51. The molecule has 31 heavy (non-hydrogen) atoms. The number of aryl methyl sites for hydroxylation is 1. The van der Waals surface area contributed by atoms with Crippen molar-refractivity contribution in [2.75, 3.05) is 26.2 Å². The molecule has 3 nitrogen and oxygen atoms in total. The van der Waals surface area contributed by atoms with E-state index in [0.717, 1.165) is 24.9 Å². The largest absolute Gasteiger partial charge is 0.361 e. The fourth-order valence-corrected chi connectivity index (χ4v) is 5.63. The number of aromatic amines is 1. The number of aromatic nitrogens is 1. The molecule has 1 aromatic heterocycles. The molecule has 2 saturated carbocycles. The van der Waals surface area contributed by atoms with Crippen LogP contribution >= 0.6 is 0 Å². The quantitative estimate of drug-likeness (QED) is 0.537. The van der Waals surface area contributed by atoms with Crippen LogP contribution in [0.4, 0.5) is 0 Å². The third kappa shape index (κ3) is 4.18. The van der Waals surface area contributed by atoms with E-state index in [1.807, 2.05) is 0 Å². The molecule has 162 valence electrons. The first-order valence-corrected chi connectivity index (χ1v) is 12.3. The summed E-state index contributed by atoms with van der Waals surface area (Å²) in [5.41, 5.74) is 7.38. The predicted molar refractivity (Wildman–Crippen MR) is 128 cm³/mol. The van der Waals surface area contributed by atoms with E-state index in [1.165, 1.54) is 73.8 Å². The number of nitrogens with zero attached hydrogens (tertiary/aromatic N) is 2. The topological polar surface area (TPSA) is 22.3 Å². The van der Waals surface area contributed by atoms with Crippen molar-refractivity contribution in [2.45, 2.75) is 51.6 Å². The second-order valence-corrected chi connectivity index (χ2v) is 10.3. The molecule has 0 spiro atoms. The second-order valence-electron chi connectivity index (χ2n) is 10.3. The Morgan fingerprint density at radius 2 is 1.77 bits per heavy atom. The minimum atomic E-state index is 0.484. The number of piperazine rings is 1. The van der Waals surface area contributed by atoms with E-state index in [2.05, 4.69) is 70.4 Å². The molecule has 3 aliphatic rings. The average molecular weight is 414 g/mol. The van der Waals surface area contributed by atoms with Gasteiger partial charge in [-0.15, -0.1) is 0 Å². The summed E-state index contributed by atoms with van der Waals surface area (Å²) in [5.74, 6) is 1.87. The van der Waals surface area contributed by atoms with Crippen molar-refractivity contribution in [3.63, 3.8) is 0 Å². The lowest BCUT2D eigenvalue weighted by Crippen LogP contribution is -2.48. The van der Waals surface area contributed by atoms with E-state index < -0.39 is 0 Å². The Kier molecular flexibility index (Phi) is 5.12. The maximum absolute atomic E-state index is 3.51. The molecule has 1 saturated heterocycles. The number of nitrogens with one attached hydrogen (secondary N) is 1. The summed E-state index contributed by atoms with van der Waals surface area (Å²) in [6.07, 6.45) is 9.09. The molecule has 6 rings (SSSR count). The Morgan fingerprint density at radius 3 is 2.55 bits per heavy atom. The highest BCUT2D eigenvalue weighted by Gasteiger charge is 2.33. The summed E-state index contributed by atoms with van der Waals surface area (Å²) in [4.78, 5) is 9.02. The zero-order valence-electron chi connectivity index (χ0n) is 18.8. The zero-order valence-corrected chi connectivity index (χ0v) is 18.8. The van der Waals surface area contributed by atoms with Gasteiger partial charge in [-0.05, 0) is 79.2 Å². The highest BCUT2D eigenvalue weighted by Crippen LogP contribution is 2.38. The van der Waals surface area contributed by atoms with Gasteiger partial charge in [0.2, 0.25) is 0 Å². The van der Waals surface area contributed by atoms with Crippen molar-refractivity contribution in [3.05, 3.63) is 70.9 Å². The lowest BCUT2D eigenvalue weighted by Gasteiger charge is -2.42. The van der Waals surface area contributed by atoms with E-state index >= 15 is 0 Å². The first kappa shape index (κ1) is 19.6. The van der Waals surface area contributed by atoms with Crippen molar-refractivity contribution in [2.24, 2.45) is 11.8 Å². The van der Waals surface area contributed by atoms with Gasteiger partial charge >= 0.3 is 0 Å². The summed E-state index contributed by atoms with van der Waals surface area (Å²) in [7, 11) is 0. The lowest BCUT2D eigenvalue weighted by molar-refractivity contribution is 0.0654. The normalized spacial score (nSPS) is 22.9. The van der Waals surface area contributed by atoms with Crippen molar-refractivity contribution in [1.29, 1.82) is 0 Å². The molecule has 1 N–H and O–H groups in total. The number of hydrogen-bond acceptors (Lipinski definition) is 2. The van der Waals surface area contributed by atoms with E-state index in [4.69, 9.17) is 0 Å². The van der Waals surface area contributed by atoms with Crippen LogP contribution in [0.15, 0.2) is 48.7 Å². The van der Waals surface area contributed by atoms with Gasteiger partial charge in [-0.1, -0.05) is 36.4 Å². The zero-order chi connectivity index (χ0) is 20.8. The van der Waals surface area contributed by atoms with Crippen molar-refractivity contribution in [1.82, 2.24) is 14.8 Å². The number of fused-ring (bicyclic) bond motifs is 1. The molecule has 2 heterocycles. The second kappa shape index (κ2) is 8.11. The molecule has 0 radical (unpaired) electrons. The van der Waals surface area contributed by atoms with Gasteiger partial charge in [0.05, 0.1) is 0 Å².